The molecule has 6 rings (SSSR count). The Morgan fingerprint density at radius 3 is 2.64 bits per heavy atom. The average Bonchev–Trinajstić information content (AvgIpc) is 3.59. The number of nitrogens with zero attached hydrogens (tertiary/aromatic N) is 2. The summed E-state index contributed by atoms with van der Waals surface area (Å²) in [5.41, 5.74) is 0.253. The van der Waals surface area contributed by atoms with Crippen molar-refractivity contribution in [3.8, 4) is 17.1 Å². The summed E-state index contributed by atoms with van der Waals surface area (Å²) in [6, 6.07) is 18.3. The van der Waals surface area contributed by atoms with E-state index in [1.165, 1.54) is 29.9 Å². The van der Waals surface area contributed by atoms with E-state index in [2.05, 4.69) is 4.99 Å². The number of benzene rings is 3. The Morgan fingerprint density at radius 1 is 1.09 bits per heavy atom. The lowest BCUT2D eigenvalue weighted by Crippen LogP contribution is -2.40. The number of carbonyl (C=O) groups excluding carboxylic acids is 1. The number of fused-ring (bicyclic) bond motifs is 2. The number of allylic oxidation sites excluding steroid dienone is 1. The van der Waals surface area contributed by atoms with Crippen LogP contribution in [0.3, 0.4) is 0 Å². The molecule has 11 heteroatoms. The van der Waals surface area contributed by atoms with Crippen LogP contribution in [-0.2, 0) is 15.7 Å². The summed E-state index contributed by atoms with van der Waals surface area (Å²) >= 11 is 1.11. The first-order valence-electron chi connectivity index (χ1n) is 13.6. The number of thiazole rings is 1. The van der Waals surface area contributed by atoms with E-state index < -0.39 is 29.3 Å². The van der Waals surface area contributed by atoms with E-state index in [1.54, 1.807) is 32.0 Å². The Labute approximate surface area is 252 Å². The topological polar surface area (TPSA) is 83.0 Å². The first-order chi connectivity index (χ1) is 21.1. The molecular formula is C33H25F3N2O5S. The molecule has 0 saturated carbocycles. The zero-order chi connectivity index (χ0) is 31.2. The number of hydrogen-bond acceptors (Lipinski definition) is 7. The fraction of sp³-hybridized carbons (Fsp3) is 0.182. The van der Waals surface area contributed by atoms with Crippen LogP contribution in [0.1, 0.15) is 36.8 Å². The highest BCUT2D eigenvalue weighted by Gasteiger charge is 2.36. The molecule has 1 atom stereocenters. The molecule has 5 aromatic rings. The predicted octanol–water partition coefficient (Wildman–Crippen LogP) is 6.24. The molecule has 0 bridgehead atoms. The zero-order valence-electron chi connectivity index (χ0n) is 23.8. The summed E-state index contributed by atoms with van der Waals surface area (Å²) in [6.07, 6.45) is -2.98. The molecule has 2 aromatic heterocycles. The summed E-state index contributed by atoms with van der Waals surface area (Å²) in [4.78, 5) is 32.5. The van der Waals surface area contributed by atoms with Crippen LogP contribution in [0.4, 0.5) is 13.2 Å². The van der Waals surface area contributed by atoms with Gasteiger partial charge in [0.2, 0.25) is 0 Å². The maximum atomic E-state index is 14.1. The summed E-state index contributed by atoms with van der Waals surface area (Å²) in [6.45, 7) is 3.53. The second-order valence-electron chi connectivity index (χ2n) is 9.99. The van der Waals surface area contributed by atoms with Crippen molar-refractivity contribution in [3.05, 3.63) is 121 Å². The van der Waals surface area contributed by atoms with Crippen LogP contribution in [-0.4, -0.2) is 24.3 Å². The normalized spacial score (nSPS) is 15.3. The predicted molar refractivity (Wildman–Crippen MR) is 160 cm³/mol. The van der Waals surface area contributed by atoms with Crippen LogP contribution in [0.2, 0.25) is 0 Å². The molecule has 0 unspecified atom stereocenters. The molecule has 3 heterocycles. The summed E-state index contributed by atoms with van der Waals surface area (Å²) in [7, 11) is 1.52. The van der Waals surface area contributed by atoms with Crippen LogP contribution < -0.4 is 19.6 Å². The van der Waals surface area contributed by atoms with Gasteiger partial charge in [-0.3, -0.25) is 9.36 Å². The van der Waals surface area contributed by atoms with Crippen molar-refractivity contribution in [1.29, 1.82) is 0 Å². The van der Waals surface area contributed by atoms with Crippen LogP contribution in [0, 0.1) is 0 Å². The van der Waals surface area contributed by atoms with E-state index in [0.29, 0.717) is 21.8 Å². The van der Waals surface area contributed by atoms with Gasteiger partial charge in [-0.05, 0) is 55.0 Å². The van der Waals surface area contributed by atoms with E-state index in [0.717, 1.165) is 34.2 Å². The Balaban J connectivity index is 1.53. The standard InChI is InChI=1S/C33H25F3N2O5S/c1-4-42-31(40)27-18(2)37-32-38(29(27)28-23-11-6-5-8-19(23)12-14-25(28)41-3)30(39)26(44-32)17-22-13-15-24(43-22)20-9-7-10-21(16-20)33(34,35)36/h5-17,29H,4H2,1-3H3/b26-17+/t29-/m0/s1. The number of aromatic nitrogens is 1. The Morgan fingerprint density at radius 2 is 1.89 bits per heavy atom. The highest BCUT2D eigenvalue weighted by molar-refractivity contribution is 7.07. The van der Waals surface area contributed by atoms with Gasteiger partial charge in [0.1, 0.15) is 23.3 Å². The summed E-state index contributed by atoms with van der Waals surface area (Å²) < 4.78 is 58.5. The third kappa shape index (κ3) is 5.13. The van der Waals surface area contributed by atoms with Crippen molar-refractivity contribution in [2.45, 2.75) is 26.1 Å². The van der Waals surface area contributed by atoms with Gasteiger partial charge in [-0.1, -0.05) is 53.8 Å². The van der Waals surface area contributed by atoms with E-state index in [9.17, 15) is 22.8 Å². The molecule has 0 amide bonds. The Bertz CT molecular complexity index is 2140. The fourth-order valence-electron chi connectivity index (χ4n) is 5.36. The molecule has 0 radical (unpaired) electrons. The maximum Gasteiger partial charge on any atom is 0.416 e. The van der Waals surface area contributed by atoms with Gasteiger partial charge in [0.05, 0.1) is 35.1 Å². The summed E-state index contributed by atoms with van der Waals surface area (Å²) in [5, 5.41) is 1.68. The third-order valence-corrected chi connectivity index (χ3v) is 8.30. The van der Waals surface area contributed by atoms with Crippen LogP contribution in [0.25, 0.3) is 28.2 Å². The molecule has 1 aliphatic rings. The minimum Gasteiger partial charge on any atom is -0.496 e. The molecule has 0 saturated heterocycles. The van der Waals surface area contributed by atoms with Gasteiger partial charge >= 0.3 is 12.1 Å². The van der Waals surface area contributed by atoms with E-state index >= 15 is 0 Å². The Hall–Kier alpha value is -4.90. The number of hydrogen-bond donors (Lipinski definition) is 0. The van der Waals surface area contributed by atoms with Crippen molar-refractivity contribution >= 4 is 34.2 Å². The van der Waals surface area contributed by atoms with Crippen molar-refractivity contribution in [2.75, 3.05) is 13.7 Å². The lowest BCUT2D eigenvalue weighted by atomic mass is 9.90. The monoisotopic (exact) mass is 618 g/mol. The number of alkyl halides is 3. The average molecular weight is 619 g/mol. The second-order valence-corrected chi connectivity index (χ2v) is 11.0. The highest BCUT2D eigenvalue weighted by atomic mass is 32.1. The van der Waals surface area contributed by atoms with Crippen LogP contribution in [0.5, 0.6) is 5.75 Å². The number of carbonyl (C=O) groups is 1. The smallest absolute Gasteiger partial charge is 0.416 e. The van der Waals surface area contributed by atoms with Gasteiger partial charge in [-0.15, -0.1) is 0 Å². The highest BCUT2D eigenvalue weighted by Crippen LogP contribution is 2.40. The molecule has 0 N–H and O–H groups in total. The third-order valence-electron chi connectivity index (χ3n) is 7.32. The summed E-state index contributed by atoms with van der Waals surface area (Å²) in [5.74, 6) is 0.369. The molecule has 0 spiro atoms. The van der Waals surface area contributed by atoms with Crippen LogP contribution in [0.15, 0.2) is 98.3 Å². The maximum absolute atomic E-state index is 14.1. The zero-order valence-corrected chi connectivity index (χ0v) is 24.6. The van der Waals surface area contributed by atoms with Gasteiger partial charge < -0.3 is 13.9 Å². The molecular weight excluding hydrogens is 593 g/mol. The largest absolute Gasteiger partial charge is 0.496 e. The second kappa shape index (κ2) is 11.3. The first-order valence-corrected chi connectivity index (χ1v) is 14.4. The van der Waals surface area contributed by atoms with E-state index in [1.807, 2.05) is 30.3 Å². The minimum absolute atomic E-state index is 0.131. The molecule has 0 fully saturated rings. The Kier molecular flexibility index (Phi) is 7.50. The molecule has 7 nitrogen and oxygen atoms in total. The molecule has 1 aliphatic heterocycles. The number of esters is 1. The molecule has 224 valence electrons. The van der Waals surface area contributed by atoms with Gasteiger partial charge in [0, 0.05) is 17.2 Å². The quantitative estimate of drug-likeness (QED) is 0.211. The number of furan rings is 1. The number of halogens is 3. The van der Waals surface area contributed by atoms with Gasteiger partial charge in [-0.25, -0.2) is 9.79 Å². The van der Waals surface area contributed by atoms with Crippen molar-refractivity contribution in [3.63, 3.8) is 0 Å². The van der Waals surface area contributed by atoms with E-state index in [-0.39, 0.29) is 33.8 Å². The molecule has 3 aromatic carbocycles. The first kappa shape index (κ1) is 29.2. The van der Waals surface area contributed by atoms with E-state index in [4.69, 9.17) is 13.9 Å². The molecule has 0 aliphatic carbocycles. The lowest BCUT2D eigenvalue weighted by molar-refractivity contribution is -0.139. The van der Waals surface area contributed by atoms with Gasteiger partial charge in [0.25, 0.3) is 5.56 Å². The van der Waals surface area contributed by atoms with Gasteiger partial charge in [-0.2, -0.15) is 13.2 Å². The van der Waals surface area contributed by atoms with Crippen molar-refractivity contribution in [2.24, 2.45) is 4.99 Å². The van der Waals surface area contributed by atoms with Crippen molar-refractivity contribution < 1.29 is 31.9 Å². The lowest BCUT2D eigenvalue weighted by Gasteiger charge is -2.27. The number of ether oxygens (including phenoxy) is 2. The number of rotatable bonds is 6. The number of methoxy groups -OCH3 is 1. The van der Waals surface area contributed by atoms with Crippen LogP contribution >= 0.6 is 11.3 Å². The van der Waals surface area contributed by atoms with Gasteiger partial charge in [0.15, 0.2) is 4.80 Å². The minimum atomic E-state index is -4.50. The molecule has 44 heavy (non-hydrogen) atoms. The fourth-order valence-corrected chi connectivity index (χ4v) is 6.39. The SMILES string of the molecule is CCOC(=O)C1=C(C)N=c2s/c(=C/c3ccc(-c4cccc(C(F)(F)F)c4)o3)c(=O)n2[C@@H]1c1c(OC)ccc2ccccc12. The van der Waals surface area contributed by atoms with Crippen molar-refractivity contribution in [1.82, 2.24) is 4.57 Å².